The van der Waals surface area contributed by atoms with Crippen LogP contribution in [0, 0.1) is 17.5 Å². The molecule has 18 heavy (non-hydrogen) atoms. The number of nitrogens with two attached hydrogens (primary N) is 1. The van der Waals surface area contributed by atoms with Crippen LogP contribution in [0.3, 0.4) is 0 Å². The van der Waals surface area contributed by atoms with E-state index in [1.807, 2.05) is 19.1 Å². The van der Waals surface area contributed by atoms with E-state index < -0.39 is 23.5 Å². The van der Waals surface area contributed by atoms with Crippen LogP contribution in [-0.4, -0.2) is 0 Å². The van der Waals surface area contributed by atoms with Gasteiger partial charge in [0.1, 0.15) is 0 Å². The van der Waals surface area contributed by atoms with Gasteiger partial charge in [-0.05, 0) is 36.2 Å². The maximum Gasteiger partial charge on any atom is 0.194 e. The van der Waals surface area contributed by atoms with Crippen molar-refractivity contribution in [3.05, 3.63) is 57.0 Å². The summed E-state index contributed by atoms with van der Waals surface area (Å²) in [5.74, 6) is -3.90. The van der Waals surface area contributed by atoms with E-state index in [4.69, 9.17) is 5.73 Å². The first-order valence-corrected chi connectivity index (χ1v) is 6.33. The van der Waals surface area contributed by atoms with Crippen LogP contribution in [0.15, 0.2) is 24.3 Å². The van der Waals surface area contributed by atoms with Gasteiger partial charge in [-0.2, -0.15) is 0 Å². The molecule has 5 heteroatoms. The lowest BCUT2D eigenvalue weighted by atomic mass is 10.1. The molecule has 0 aliphatic rings. The number of hydrogen-bond donors (Lipinski definition) is 1. The molecule has 2 aromatic rings. The quantitative estimate of drug-likeness (QED) is 0.845. The molecule has 0 bridgehead atoms. The van der Waals surface area contributed by atoms with E-state index in [9.17, 15) is 13.2 Å². The molecule has 0 aliphatic carbocycles. The molecule has 1 heterocycles. The number of aryl methyl sites for hydroxylation is 1. The minimum Gasteiger partial charge on any atom is -0.320 e. The number of thiophene rings is 1. The second kappa shape index (κ2) is 5.12. The Morgan fingerprint density at radius 1 is 1.17 bits per heavy atom. The molecule has 1 aromatic heterocycles. The van der Waals surface area contributed by atoms with Gasteiger partial charge in [0.25, 0.3) is 0 Å². The average Bonchev–Trinajstić information content (AvgIpc) is 2.83. The predicted molar refractivity (Wildman–Crippen MR) is 66.0 cm³/mol. The van der Waals surface area contributed by atoms with Crippen molar-refractivity contribution in [2.24, 2.45) is 5.73 Å². The molecule has 0 radical (unpaired) electrons. The Bertz CT molecular complexity index is 542. The van der Waals surface area contributed by atoms with Gasteiger partial charge in [0, 0.05) is 9.75 Å². The molecule has 0 spiro atoms. The lowest BCUT2D eigenvalue weighted by Crippen LogP contribution is -2.11. The number of hydrogen-bond acceptors (Lipinski definition) is 2. The summed E-state index contributed by atoms with van der Waals surface area (Å²) in [6, 6.07) is 4.99. The molecule has 0 aliphatic heterocycles. The number of rotatable bonds is 3. The van der Waals surface area contributed by atoms with Gasteiger partial charge in [0.05, 0.1) is 6.04 Å². The third kappa shape index (κ3) is 2.42. The van der Waals surface area contributed by atoms with E-state index in [1.165, 1.54) is 11.3 Å². The van der Waals surface area contributed by atoms with Gasteiger partial charge in [0.15, 0.2) is 17.5 Å². The zero-order valence-electron chi connectivity index (χ0n) is 9.71. The van der Waals surface area contributed by atoms with E-state index in [0.29, 0.717) is 0 Å². The van der Waals surface area contributed by atoms with Crippen molar-refractivity contribution in [2.75, 3.05) is 0 Å². The largest absolute Gasteiger partial charge is 0.320 e. The fourth-order valence-electron chi connectivity index (χ4n) is 1.67. The Kier molecular flexibility index (Phi) is 3.73. The highest BCUT2D eigenvalue weighted by molar-refractivity contribution is 7.12. The van der Waals surface area contributed by atoms with Gasteiger partial charge in [-0.3, -0.25) is 0 Å². The Balaban J connectivity index is 2.36. The Hall–Kier alpha value is -1.33. The fourth-order valence-corrected chi connectivity index (χ4v) is 2.65. The second-order valence-corrected chi connectivity index (χ2v) is 5.13. The minimum atomic E-state index is -1.47. The number of benzene rings is 1. The van der Waals surface area contributed by atoms with E-state index in [1.54, 1.807) is 0 Å². The van der Waals surface area contributed by atoms with Crippen LogP contribution in [-0.2, 0) is 6.42 Å². The molecular formula is C13H12F3NS. The topological polar surface area (TPSA) is 26.0 Å². The first-order chi connectivity index (χ1) is 8.52. The van der Waals surface area contributed by atoms with Crippen LogP contribution in [0.5, 0.6) is 0 Å². The molecular weight excluding hydrogens is 259 g/mol. The standard InChI is InChI=1S/C13H12F3NS/c1-2-8-3-4-11(18-8)13(17)7-5-9(14)12(16)10(15)6-7/h3-6,13H,2,17H2,1H3. The highest BCUT2D eigenvalue weighted by Crippen LogP contribution is 2.28. The third-order valence-corrected chi connectivity index (χ3v) is 4.02. The maximum absolute atomic E-state index is 13.1. The SMILES string of the molecule is CCc1ccc(C(N)c2cc(F)c(F)c(F)c2)s1. The lowest BCUT2D eigenvalue weighted by molar-refractivity contribution is 0.444. The molecule has 96 valence electrons. The average molecular weight is 271 g/mol. The van der Waals surface area contributed by atoms with Crippen LogP contribution in [0.4, 0.5) is 13.2 Å². The second-order valence-electron chi connectivity index (χ2n) is 3.93. The summed E-state index contributed by atoms with van der Waals surface area (Å²) in [5, 5.41) is 0. The van der Waals surface area contributed by atoms with E-state index in [-0.39, 0.29) is 5.56 Å². The van der Waals surface area contributed by atoms with Crippen molar-refractivity contribution in [3.63, 3.8) is 0 Å². The summed E-state index contributed by atoms with van der Waals surface area (Å²) < 4.78 is 39.1. The fraction of sp³-hybridized carbons (Fsp3) is 0.231. The summed E-state index contributed by atoms with van der Waals surface area (Å²) in [6.45, 7) is 2.01. The predicted octanol–water partition coefficient (Wildman–Crippen LogP) is 3.78. The monoisotopic (exact) mass is 271 g/mol. The number of halogens is 3. The van der Waals surface area contributed by atoms with Crippen molar-refractivity contribution in [2.45, 2.75) is 19.4 Å². The Morgan fingerprint density at radius 3 is 2.28 bits per heavy atom. The molecule has 1 unspecified atom stereocenters. The van der Waals surface area contributed by atoms with Crippen molar-refractivity contribution < 1.29 is 13.2 Å². The first-order valence-electron chi connectivity index (χ1n) is 5.51. The van der Waals surface area contributed by atoms with Crippen molar-refractivity contribution in [3.8, 4) is 0 Å². The van der Waals surface area contributed by atoms with Gasteiger partial charge < -0.3 is 5.73 Å². The van der Waals surface area contributed by atoms with Gasteiger partial charge in [-0.15, -0.1) is 11.3 Å². The van der Waals surface area contributed by atoms with Crippen LogP contribution in [0.2, 0.25) is 0 Å². The molecule has 1 nitrogen and oxygen atoms in total. The first kappa shape index (κ1) is 13.1. The summed E-state index contributed by atoms with van der Waals surface area (Å²) in [4.78, 5) is 1.95. The van der Waals surface area contributed by atoms with E-state index in [2.05, 4.69) is 0 Å². The molecule has 2 N–H and O–H groups in total. The highest BCUT2D eigenvalue weighted by Gasteiger charge is 2.17. The molecule has 2 rings (SSSR count). The molecule has 0 amide bonds. The highest BCUT2D eigenvalue weighted by atomic mass is 32.1. The Morgan fingerprint density at radius 2 is 1.78 bits per heavy atom. The lowest BCUT2D eigenvalue weighted by Gasteiger charge is -2.10. The molecule has 0 fully saturated rings. The van der Waals surface area contributed by atoms with E-state index in [0.717, 1.165) is 28.3 Å². The molecule has 1 atom stereocenters. The van der Waals surface area contributed by atoms with Crippen LogP contribution >= 0.6 is 11.3 Å². The summed E-state index contributed by atoms with van der Waals surface area (Å²) >= 11 is 1.49. The van der Waals surface area contributed by atoms with Gasteiger partial charge in [-0.1, -0.05) is 6.92 Å². The molecule has 0 saturated heterocycles. The normalized spacial score (nSPS) is 12.7. The van der Waals surface area contributed by atoms with Crippen molar-refractivity contribution >= 4 is 11.3 Å². The summed E-state index contributed by atoms with van der Waals surface area (Å²) in [7, 11) is 0. The summed E-state index contributed by atoms with van der Waals surface area (Å²) in [6.07, 6.45) is 0.878. The van der Waals surface area contributed by atoms with E-state index >= 15 is 0 Å². The maximum atomic E-state index is 13.1. The zero-order valence-corrected chi connectivity index (χ0v) is 10.5. The Labute approximate surface area is 107 Å². The van der Waals surface area contributed by atoms with Gasteiger partial charge in [-0.25, -0.2) is 13.2 Å². The van der Waals surface area contributed by atoms with Crippen LogP contribution < -0.4 is 5.73 Å². The molecule has 0 saturated carbocycles. The van der Waals surface area contributed by atoms with Gasteiger partial charge in [0.2, 0.25) is 0 Å². The van der Waals surface area contributed by atoms with Crippen LogP contribution in [0.25, 0.3) is 0 Å². The minimum absolute atomic E-state index is 0.232. The summed E-state index contributed by atoms with van der Waals surface area (Å²) in [5.41, 5.74) is 6.16. The molecule has 1 aromatic carbocycles. The third-order valence-electron chi connectivity index (χ3n) is 2.70. The van der Waals surface area contributed by atoms with Crippen LogP contribution in [0.1, 0.15) is 28.3 Å². The van der Waals surface area contributed by atoms with Gasteiger partial charge >= 0.3 is 0 Å². The van der Waals surface area contributed by atoms with Crippen molar-refractivity contribution in [1.82, 2.24) is 0 Å². The van der Waals surface area contributed by atoms with Crippen molar-refractivity contribution in [1.29, 1.82) is 0 Å². The smallest absolute Gasteiger partial charge is 0.194 e. The zero-order chi connectivity index (χ0) is 13.3.